The van der Waals surface area contributed by atoms with Crippen LogP contribution in [0.1, 0.15) is 399 Å². The van der Waals surface area contributed by atoms with Gasteiger partial charge in [-0.25, -0.2) is 0 Å². The summed E-state index contributed by atoms with van der Waals surface area (Å²) in [5.74, 6) is -0.0539. The van der Waals surface area contributed by atoms with Gasteiger partial charge in [0.15, 0.2) is 0 Å². The van der Waals surface area contributed by atoms with E-state index in [-0.39, 0.29) is 18.5 Å². The maximum absolute atomic E-state index is 12.5. The fourth-order valence-corrected chi connectivity index (χ4v) is 11.4. The Morgan fingerprint density at radius 1 is 0.350 bits per heavy atom. The third-order valence-corrected chi connectivity index (χ3v) is 16.9. The molecule has 0 aromatic heterocycles. The largest absolute Gasteiger partial charge is 0.466 e. The van der Waals surface area contributed by atoms with Crippen LogP contribution < -0.4 is 5.32 Å². The van der Waals surface area contributed by atoms with Gasteiger partial charge in [0.2, 0.25) is 5.91 Å². The Morgan fingerprint density at radius 2 is 0.625 bits per heavy atom. The molecule has 0 aromatic rings. The lowest BCUT2D eigenvalue weighted by atomic mass is 10.0. The molecule has 6 nitrogen and oxygen atoms in total. The van der Waals surface area contributed by atoms with Gasteiger partial charge in [-0.2, -0.15) is 0 Å². The molecule has 0 aliphatic heterocycles. The summed E-state index contributed by atoms with van der Waals surface area (Å²) in [6.45, 7) is 4.91. The van der Waals surface area contributed by atoms with E-state index in [9.17, 15) is 19.8 Å². The average molecular weight is 1120 g/mol. The minimum Gasteiger partial charge on any atom is -0.466 e. The monoisotopic (exact) mass is 1120 g/mol. The molecule has 0 bridgehead atoms. The van der Waals surface area contributed by atoms with Crippen molar-refractivity contribution in [3.8, 4) is 0 Å². The molecule has 0 heterocycles. The molecule has 0 rings (SSSR count). The molecular formula is C74H141NO5. The van der Waals surface area contributed by atoms with E-state index in [1.54, 1.807) is 6.08 Å². The van der Waals surface area contributed by atoms with E-state index in [1.165, 1.54) is 321 Å². The number of amides is 1. The van der Waals surface area contributed by atoms with Gasteiger partial charge in [-0.3, -0.25) is 9.59 Å². The molecule has 2 atom stereocenters. The van der Waals surface area contributed by atoms with E-state index >= 15 is 0 Å². The first-order valence-corrected chi connectivity index (χ1v) is 36.3. The molecular weight excluding hydrogens is 983 g/mol. The molecule has 0 saturated carbocycles. The lowest BCUT2D eigenvalue weighted by Gasteiger charge is -2.20. The van der Waals surface area contributed by atoms with E-state index in [1.807, 2.05) is 6.08 Å². The number of carbonyl (C=O) groups is 2. The molecule has 0 saturated heterocycles. The number of hydrogen-bond acceptors (Lipinski definition) is 5. The van der Waals surface area contributed by atoms with Gasteiger partial charge in [0.1, 0.15) is 0 Å². The highest BCUT2D eigenvalue weighted by atomic mass is 16.5. The molecule has 1 amide bonds. The van der Waals surface area contributed by atoms with Crippen molar-refractivity contribution in [2.45, 2.75) is 411 Å². The molecule has 0 spiro atoms. The predicted octanol–water partition coefficient (Wildman–Crippen LogP) is 23.5. The van der Waals surface area contributed by atoms with Gasteiger partial charge in [0, 0.05) is 12.8 Å². The number of hydrogen-bond donors (Lipinski definition) is 3. The van der Waals surface area contributed by atoms with Crippen LogP contribution in [0, 0.1) is 0 Å². The van der Waals surface area contributed by atoms with Crippen molar-refractivity contribution >= 4 is 11.9 Å². The van der Waals surface area contributed by atoms with Crippen LogP contribution in [-0.2, 0) is 14.3 Å². The van der Waals surface area contributed by atoms with E-state index in [4.69, 9.17) is 4.74 Å². The number of ether oxygens (including phenoxy) is 1. The van der Waals surface area contributed by atoms with Crippen molar-refractivity contribution < 1.29 is 24.5 Å². The Morgan fingerprint density at radius 3 is 0.963 bits per heavy atom. The summed E-state index contributed by atoms with van der Waals surface area (Å²) in [5.41, 5.74) is 0. The van der Waals surface area contributed by atoms with Crippen LogP contribution in [0.4, 0.5) is 0 Å². The van der Waals surface area contributed by atoms with E-state index < -0.39 is 12.1 Å². The molecule has 0 aliphatic rings. The molecule has 80 heavy (non-hydrogen) atoms. The third kappa shape index (κ3) is 65.2. The summed E-state index contributed by atoms with van der Waals surface area (Å²) < 4.78 is 5.49. The molecule has 0 radical (unpaired) electrons. The van der Waals surface area contributed by atoms with Crippen molar-refractivity contribution in [2.24, 2.45) is 0 Å². The highest BCUT2D eigenvalue weighted by Crippen LogP contribution is 2.19. The first-order chi connectivity index (χ1) is 39.5. The zero-order valence-corrected chi connectivity index (χ0v) is 54.1. The first-order valence-electron chi connectivity index (χ1n) is 36.3. The van der Waals surface area contributed by atoms with Crippen molar-refractivity contribution in [3.05, 3.63) is 36.5 Å². The number of allylic oxidation sites excluding steroid dienone is 5. The SMILES string of the molecule is CCCCCC/C=C\C/C=C\CCCCCCCC(=O)OCCCCCCCCCCCCCCCCCCCCCCCCCCCCCCCCCC(=O)NC(CO)C(O)/C=C/CCCCCCCCCCCCCCCC. The summed E-state index contributed by atoms with van der Waals surface area (Å²) >= 11 is 0. The van der Waals surface area contributed by atoms with Crippen molar-refractivity contribution in [2.75, 3.05) is 13.2 Å². The lowest BCUT2D eigenvalue weighted by Crippen LogP contribution is -2.45. The Bertz CT molecular complexity index is 1300. The number of aliphatic hydroxyl groups is 2. The zero-order chi connectivity index (χ0) is 57.8. The second-order valence-electron chi connectivity index (χ2n) is 24.9. The minimum atomic E-state index is -0.842. The molecule has 3 N–H and O–H groups in total. The van der Waals surface area contributed by atoms with Crippen LogP contribution in [-0.4, -0.2) is 47.4 Å². The van der Waals surface area contributed by atoms with Crippen LogP contribution in [0.2, 0.25) is 0 Å². The highest BCUT2D eigenvalue weighted by molar-refractivity contribution is 5.76. The van der Waals surface area contributed by atoms with Crippen LogP contribution >= 0.6 is 0 Å². The number of nitrogens with one attached hydrogen (secondary N) is 1. The van der Waals surface area contributed by atoms with Gasteiger partial charge in [0.25, 0.3) is 0 Å². The fourth-order valence-electron chi connectivity index (χ4n) is 11.4. The van der Waals surface area contributed by atoms with Gasteiger partial charge in [-0.1, -0.05) is 359 Å². The molecule has 0 aromatic carbocycles. The van der Waals surface area contributed by atoms with Gasteiger partial charge in [-0.05, 0) is 64.2 Å². The van der Waals surface area contributed by atoms with Crippen LogP contribution in [0.3, 0.4) is 0 Å². The van der Waals surface area contributed by atoms with Gasteiger partial charge < -0.3 is 20.3 Å². The van der Waals surface area contributed by atoms with Crippen molar-refractivity contribution in [1.82, 2.24) is 5.32 Å². The van der Waals surface area contributed by atoms with E-state index in [0.29, 0.717) is 19.4 Å². The van der Waals surface area contributed by atoms with Gasteiger partial charge >= 0.3 is 5.97 Å². The number of carbonyl (C=O) groups excluding carboxylic acids is 2. The number of esters is 1. The molecule has 0 fully saturated rings. The summed E-state index contributed by atoms with van der Waals surface area (Å²) in [6.07, 6.45) is 89.5. The summed E-state index contributed by atoms with van der Waals surface area (Å²) in [5, 5.41) is 23.2. The number of aliphatic hydroxyl groups excluding tert-OH is 2. The lowest BCUT2D eigenvalue weighted by molar-refractivity contribution is -0.143. The summed E-state index contributed by atoms with van der Waals surface area (Å²) in [4.78, 5) is 24.6. The molecule has 0 aliphatic carbocycles. The molecule has 472 valence electrons. The quantitative estimate of drug-likeness (QED) is 0.0320. The van der Waals surface area contributed by atoms with Crippen molar-refractivity contribution in [3.63, 3.8) is 0 Å². The van der Waals surface area contributed by atoms with E-state index in [0.717, 1.165) is 51.4 Å². The Balaban J connectivity index is 3.34. The van der Waals surface area contributed by atoms with Gasteiger partial charge in [0.05, 0.1) is 25.4 Å². The second-order valence-corrected chi connectivity index (χ2v) is 24.9. The Kier molecular flexibility index (Phi) is 67.9. The molecule has 2 unspecified atom stereocenters. The number of unbranched alkanes of at least 4 members (excludes halogenated alkanes) is 53. The average Bonchev–Trinajstić information content (AvgIpc) is 3.46. The molecule has 6 heteroatoms. The second kappa shape index (κ2) is 69.6. The maximum Gasteiger partial charge on any atom is 0.305 e. The smallest absolute Gasteiger partial charge is 0.305 e. The predicted molar refractivity (Wildman–Crippen MR) is 352 cm³/mol. The van der Waals surface area contributed by atoms with Gasteiger partial charge in [-0.15, -0.1) is 0 Å². The zero-order valence-electron chi connectivity index (χ0n) is 54.1. The highest BCUT2D eigenvalue weighted by Gasteiger charge is 2.18. The van der Waals surface area contributed by atoms with Crippen LogP contribution in [0.25, 0.3) is 0 Å². The normalized spacial score (nSPS) is 12.7. The topological polar surface area (TPSA) is 95.9 Å². The fraction of sp³-hybridized carbons (Fsp3) is 0.892. The number of rotatable bonds is 68. The van der Waals surface area contributed by atoms with Crippen LogP contribution in [0.5, 0.6) is 0 Å². The first kappa shape index (κ1) is 78.1. The summed E-state index contributed by atoms with van der Waals surface area (Å²) in [7, 11) is 0. The van der Waals surface area contributed by atoms with Crippen LogP contribution in [0.15, 0.2) is 36.5 Å². The maximum atomic E-state index is 12.5. The third-order valence-electron chi connectivity index (χ3n) is 16.9. The Labute approximate surface area is 500 Å². The van der Waals surface area contributed by atoms with Crippen molar-refractivity contribution in [1.29, 1.82) is 0 Å². The Hall–Kier alpha value is -1.92. The summed E-state index contributed by atoms with van der Waals surface area (Å²) in [6, 6.07) is -0.625. The van der Waals surface area contributed by atoms with E-state index in [2.05, 4.69) is 43.5 Å². The minimum absolute atomic E-state index is 0.00728. The standard InChI is InChI=1S/C74H141NO5/c1-3-5-7-9-11-13-15-17-19-38-42-46-50-54-58-62-66-72(77)71(70-76)75-73(78)67-63-59-55-51-47-43-39-36-34-32-30-28-26-24-22-21-23-25-27-29-31-33-35-37-41-45-49-53-57-61-65-69-80-74(79)68-64-60-56-52-48-44-40-20-18-16-14-12-10-8-6-4-2/h14,16,20,40,62,66,71-72,76-77H,3-13,15,17-19,21-39,41-61,63-65,67-70H2,1-2H3,(H,75,78)/b16-14-,40-20-,66-62+.